The van der Waals surface area contributed by atoms with Gasteiger partial charge in [0.15, 0.2) is 11.5 Å². The molecule has 6 heteroatoms. The number of thiophene rings is 1. The smallest absolute Gasteiger partial charge is 0.268 e. The molecule has 0 atom stereocenters. The number of nitrogens with zero attached hydrogens (tertiary/aromatic N) is 1. The summed E-state index contributed by atoms with van der Waals surface area (Å²) in [6.07, 6.45) is 1.39. The van der Waals surface area contributed by atoms with Gasteiger partial charge in [0.1, 0.15) is 4.70 Å². The highest BCUT2D eigenvalue weighted by Crippen LogP contribution is 2.35. The molecule has 0 bridgehead atoms. The summed E-state index contributed by atoms with van der Waals surface area (Å²) < 4.78 is 5.67. The topological polar surface area (TPSA) is 75.2 Å². The number of phenolic OH excluding ortho intramolecular Hbond substituents is 1. The zero-order valence-electron chi connectivity index (χ0n) is 10.0. The number of methoxy groups -OCH3 is 1. The fourth-order valence-corrected chi connectivity index (χ4v) is 2.84. The number of hydrogen-bond donors (Lipinski definition) is 2. The average Bonchev–Trinajstić information content (AvgIpc) is 2.85. The van der Waals surface area contributed by atoms with Crippen molar-refractivity contribution >= 4 is 21.6 Å². The zero-order chi connectivity index (χ0) is 13.4. The van der Waals surface area contributed by atoms with E-state index in [0.29, 0.717) is 16.0 Å². The van der Waals surface area contributed by atoms with Gasteiger partial charge in [-0.15, -0.1) is 11.3 Å². The Balaban J connectivity index is 2.25. The van der Waals surface area contributed by atoms with Crippen LogP contribution in [0.1, 0.15) is 0 Å². The van der Waals surface area contributed by atoms with E-state index < -0.39 is 0 Å². The summed E-state index contributed by atoms with van der Waals surface area (Å²) in [4.78, 5) is 18.4. The second kappa shape index (κ2) is 4.40. The fraction of sp³-hybridized carbons (Fsp3) is 0.0769. The van der Waals surface area contributed by atoms with Crippen LogP contribution in [0.5, 0.6) is 11.5 Å². The van der Waals surface area contributed by atoms with Crippen molar-refractivity contribution in [3.63, 3.8) is 0 Å². The predicted molar refractivity (Wildman–Crippen MR) is 73.9 cm³/mol. The Kier molecular flexibility index (Phi) is 2.72. The van der Waals surface area contributed by atoms with Gasteiger partial charge in [-0.25, -0.2) is 4.98 Å². The number of aromatic amines is 1. The van der Waals surface area contributed by atoms with E-state index in [4.69, 9.17) is 4.74 Å². The molecule has 0 aliphatic rings. The molecule has 19 heavy (non-hydrogen) atoms. The SMILES string of the molecule is COc1cc(-c2csc3c(=O)[nH]cnc23)ccc1O. The third-order valence-electron chi connectivity index (χ3n) is 2.85. The highest BCUT2D eigenvalue weighted by molar-refractivity contribution is 7.17. The maximum atomic E-state index is 11.7. The second-order valence-corrected chi connectivity index (χ2v) is 4.83. The second-order valence-electron chi connectivity index (χ2n) is 3.95. The zero-order valence-corrected chi connectivity index (χ0v) is 10.8. The first-order valence-electron chi connectivity index (χ1n) is 5.53. The van der Waals surface area contributed by atoms with Gasteiger partial charge in [-0.1, -0.05) is 6.07 Å². The predicted octanol–water partition coefficient (Wildman–Crippen LogP) is 2.37. The van der Waals surface area contributed by atoms with E-state index in [-0.39, 0.29) is 11.3 Å². The Morgan fingerprint density at radius 3 is 3.05 bits per heavy atom. The number of rotatable bonds is 2. The molecular weight excluding hydrogens is 264 g/mol. The number of benzene rings is 1. The van der Waals surface area contributed by atoms with E-state index in [1.54, 1.807) is 18.2 Å². The van der Waals surface area contributed by atoms with E-state index in [9.17, 15) is 9.90 Å². The number of fused-ring (bicyclic) bond motifs is 1. The van der Waals surface area contributed by atoms with E-state index in [2.05, 4.69) is 9.97 Å². The number of phenols is 1. The molecule has 3 rings (SSSR count). The Bertz CT molecular complexity index is 807. The standard InChI is InChI=1S/C13H10N2O3S/c1-18-10-4-7(2-3-9(10)16)8-5-19-12-11(8)14-6-15-13(12)17/h2-6,16H,1H3,(H,14,15,17). The first-order chi connectivity index (χ1) is 9.20. The number of aromatic nitrogens is 2. The first-order valence-corrected chi connectivity index (χ1v) is 6.41. The van der Waals surface area contributed by atoms with Crippen LogP contribution >= 0.6 is 11.3 Å². The molecule has 0 aliphatic heterocycles. The van der Waals surface area contributed by atoms with Crippen LogP contribution in [-0.2, 0) is 0 Å². The molecule has 0 aliphatic carbocycles. The van der Waals surface area contributed by atoms with Crippen LogP contribution in [0.25, 0.3) is 21.3 Å². The van der Waals surface area contributed by atoms with Crippen molar-refractivity contribution in [1.82, 2.24) is 9.97 Å². The quantitative estimate of drug-likeness (QED) is 0.752. The monoisotopic (exact) mass is 274 g/mol. The van der Waals surface area contributed by atoms with Gasteiger partial charge in [-0.3, -0.25) is 4.79 Å². The first kappa shape index (κ1) is 11.7. The Morgan fingerprint density at radius 1 is 1.42 bits per heavy atom. The van der Waals surface area contributed by atoms with Crippen molar-refractivity contribution < 1.29 is 9.84 Å². The molecule has 2 N–H and O–H groups in total. The highest BCUT2D eigenvalue weighted by atomic mass is 32.1. The molecule has 1 aromatic carbocycles. The van der Waals surface area contributed by atoms with Crippen molar-refractivity contribution in [2.24, 2.45) is 0 Å². The molecule has 0 saturated heterocycles. The highest BCUT2D eigenvalue weighted by Gasteiger charge is 2.12. The molecule has 0 amide bonds. The molecule has 0 saturated carbocycles. The molecule has 0 spiro atoms. The van der Waals surface area contributed by atoms with Crippen LogP contribution in [0.3, 0.4) is 0 Å². The van der Waals surface area contributed by atoms with Gasteiger partial charge in [0.25, 0.3) is 5.56 Å². The summed E-state index contributed by atoms with van der Waals surface area (Å²) >= 11 is 1.34. The Labute approximate surface area is 112 Å². The van der Waals surface area contributed by atoms with Crippen LogP contribution in [-0.4, -0.2) is 22.2 Å². The van der Waals surface area contributed by atoms with Crippen molar-refractivity contribution in [3.8, 4) is 22.6 Å². The lowest BCUT2D eigenvalue weighted by Gasteiger charge is -2.05. The Morgan fingerprint density at radius 2 is 2.26 bits per heavy atom. The average molecular weight is 274 g/mol. The summed E-state index contributed by atoms with van der Waals surface area (Å²) in [5.74, 6) is 0.471. The van der Waals surface area contributed by atoms with Gasteiger partial charge in [0.2, 0.25) is 0 Å². The summed E-state index contributed by atoms with van der Waals surface area (Å²) in [7, 11) is 1.49. The lowest BCUT2D eigenvalue weighted by atomic mass is 10.1. The third kappa shape index (κ3) is 1.86. The van der Waals surface area contributed by atoms with E-state index in [1.165, 1.54) is 24.8 Å². The van der Waals surface area contributed by atoms with Gasteiger partial charge in [0.05, 0.1) is 19.0 Å². The summed E-state index contributed by atoms with van der Waals surface area (Å²) in [5.41, 5.74) is 2.21. The van der Waals surface area contributed by atoms with Crippen LogP contribution in [0, 0.1) is 0 Å². The maximum absolute atomic E-state index is 11.7. The molecule has 0 radical (unpaired) electrons. The maximum Gasteiger partial charge on any atom is 0.268 e. The van der Waals surface area contributed by atoms with Gasteiger partial charge in [-0.05, 0) is 17.7 Å². The lowest BCUT2D eigenvalue weighted by molar-refractivity contribution is 0.373. The minimum absolute atomic E-state index is 0.0802. The Hall–Kier alpha value is -2.34. The van der Waals surface area contributed by atoms with Gasteiger partial charge in [0, 0.05) is 10.9 Å². The largest absolute Gasteiger partial charge is 0.504 e. The van der Waals surface area contributed by atoms with Gasteiger partial charge >= 0.3 is 0 Å². The van der Waals surface area contributed by atoms with Gasteiger partial charge in [-0.2, -0.15) is 0 Å². The molecule has 3 aromatic rings. The number of ether oxygens (including phenoxy) is 1. The van der Waals surface area contributed by atoms with E-state index in [0.717, 1.165) is 11.1 Å². The van der Waals surface area contributed by atoms with Crippen molar-refractivity contribution in [2.75, 3.05) is 7.11 Å². The molecule has 2 aromatic heterocycles. The normalized spacial score (nSPS) is 10.8. The molecule has 5 nitrogen and oxygen atoms in total. The summed E-state index contributed by atoms with van der Waals surface area (Å²) in [6, 6.07) is 5.05. The third-order valence-corrected chi connectivity index (χ3v) is 3.82. The number of hydrogen-bond acceptors (Lipinski definition) is 5. The van der Waals surface area contributed by atoms with Crippen molar-refractivity contribution in [3.05, 3.63) is 40.3 Å². The number of H-pyrrole nitrogens is 1. The van der Waals surface area contributed by atoms with E-state index >= 15 is 0 Å². The lowest BCUT2D eigenvalue weighted by Crippen LogP contribution is -2.03. The van der Waals surface area contributed by atoms with Crippen LogP contribution in [0.2, 0.25) is 0 Å². The van der Waals surface area contributed by atoms with E-state index in [1.807, 2.05) is 5.38 Å². The minimum atomic E-state index is -0.146. The minimum Gasteiger partial charge on any atom is -0.504 e. The van der Waals surface area contributed by atoms with Gasteiger partial charge < -0.3 is 14.8 Å². The van der Waals surface area contributed by atoms with Crippen molar-refractivity contribution in [1.29, 1.82) is 0 Å². The molecule has 0 unspecified atom stereocenters. The molecule has 96 valence electrons. The summed E-state index contributed by atoms with van der Waals surface area (Å²) in [5, 5.41) is 11.5. The number of aromatic hydroxyl groups is 1. The molecular formula is C13H10N2O3S. The molecule has 2 heterocycles. The van der Waals surface area contributed by atoms with Crippen molar-refractivity contribution in [2.45, 2.75) is 0 Å². The molecule has 0 fully saturated rings. The van der Waals surface area contributed by atoms with Crippen LogP contribution in [0.4, 0.5) is 0 Å². The van der Waals surface area contributed by atoms with Crippen LogP contribution in [0.15, 0.2) is 34.7 Å². The van der Waals surface area contributed by atoms with Crippen LogP contribution < -0.4 is 10.3 Å². The fourth-order valence-electron chi connectivity index (χ4n) is 1.91. The number of nitrogens with one attached hydrogen (secondary N) is 1. The summed E-state index contributed by atoms with van der Waals surface area (Å²) in [6.45, 7) is 0.